The van der Waals surface area contributed by atoms with Gasteiger partial charge in [0.25, 0.3) is 0 Å². The molecular formula is C10H20N2O2. The summed E-state index contributed by atoms with van der Waals surface area (Å²) in [5.41, 5.74) is -0.483. The zero-order chi connectivity index (χ0) is 11.1. The Morgan fingerprint density at radius 3 is 2.29 bits per heavy atom. The van der Waals surface area contributed by atoms with Crippen LogP contribution in [0.2, 0.25) is 0 Å². The number of amides is 2. The van der Waals surface area contributed by atoms with E-state index in [4.69, 9.17) is 0 Å². The maximum Gasteiger partial charge on any atom is 0.320 e. The van der Waals surface area contributed by atoms with E-state index in [0.717, 1.165) is 0 Å². The molecule has 1 aliphatic heterocycles. The molecule has 0 bridgehead atoms. The Morgan fingerprint density at radius 2 is 2.00 bits per heavy atom. The van der Waals surface area contributed by atoms with Crippen molar-refractivity contribution in [1.29, 1.82) is 0 Å². The molecule has 4 nitrogen and oxygen atoms in total. The molecule has 1 unspecified atom stereocenters. The van der Waals surface area contributed by atoms with Crippen molar-refractivity contribution in [2.75, 3.05) is 6.54 Å². The van der Waals surface area contributed by atoms with Gasteiger partial charge in [0.2, 0.25) is 0 Å². The Morgan fingerprint density at radius 1 is 1.50 bits per heavy atom. The molecule has 4 heteroatoms. The van der Waals surface area contributed by atoms with Gasteiger partial charge < -0.3 is 15.3 Å². The molecule has 0 saturated carbocycles. The van der Waals surface area contributed by atoms with Crippen molar-refractivity contribution >= 4 is 6.03 Å². The van der Waals surface area contributed by atoms with Crippen LogP contribution >= 0.6 is 0 Å². The van der Waals surface area contributed by atoms with E-state index in [2.05, 4.69) is 26.1 Å². The number of hydrogen-bond acceptors (Lipinski definition) is 2. The van der Waals surface area contributed by atoms with Gasteiger partial charge >= 0.3 is 6.03 Å². The average Bonchev–Trinajstić information content (AvgIpc) is 2.11. The van der Waals surface area contributed by atoms with E-state index in [1.54, 1.807) is 4.90 Å². The van der Waals surface area contributed by atoms with E-state index in [1.165, 1.54) is 0 Å². The number of aliphatic hydroxyl groups is 1. The molecule has 82 valence electrons. The molecule has 0 aromatic heterocycles. The van der Waals surface area contributed by atoms with Crippen LogP contribution in [0.3, 0.4) is 0 Å². The van der Waals surface area contributed by atoms with Gasteiger partial charge in [0.15, 0.2) is 6.23 Å². The third-order valence-corrected chi connectivity index (χ3v) is 2.50. The molecule has 1 rings (SSSR count). The van der Waals surface area contributed by atoms with Crippen molar-refractivity contribution in [3.63, 3.8) is 0 Å². The SMILES string of the molecule is CC(C)(C)CN1C(=O)NC(O)C1(C)C. The molecule has 0 radical (unpaired) electrons. The first kappa shape index (κ1) is 11.3. The first-order valence-corrected chi connectivity index (χ1v) is 4.91. The highest BCUT2D eigenvalue weighted by molar-refractivity contribution is 5.78. The van der Waals surface area contributed by atoms with Gasteiger partial charge in [-0.2, -0.15) is 0 Å². The predicted octanol–water partition coefficient (Wildman–Crippen LogP) is 1.15. The topological polar surface area (TPSA) is 52.6 Å². The highest BCUT2D eigenvalue weighted by Gasteiger charge is 2.46. The predicted molar refractivity (Wildman–Crippen MR) is 54.8 cm³/mol. The van der Waals surface area contributed by atoms with Gasteiger partial charge in [-0.15, -0.1) is 0 Å². The molecule has 1 saturated heterocycles. The number of rotatable bonds is 1. The lowest BCUT2D eigenvalue weighted by Gasteiger charge is -2.36. The normalized spacial score (nSPS) is 26.6. The summed E-state index contributed by atoms with van der Waals surface area (Å²) in [6.07, 6.45) is -0.780. The second-order valence-electron chi connectivity index (χ2n) is 5.65. The lowest BCUT2D eigenvalue weighted by atomic mass is 9.93. The Balaban J connectivity index is 2.82. The highest BCUT2D eigenvalue weighted by atomic mass is 16.3. The third kappa shape index (κ3) is 2.00. The van der Waals surface area contributed by atoms with E-state index in [1.807, 2.05) is 13.8 Å². The van der Waals surface area contributed by atoms with E-state index < -0.39 is 11.8 Å². The summed E-state index contributed by atoms with van der Waals surface area (Å²) in [7, 11) is 0. The van der Waals surface area contributed by atoms with E-state index in [9.17, 15) is 9.90 Å². The first-order valence-electron chi connectivity index (χ1n) is 4.91. The van der Waals surface area contributed by atoms with Crippen LogP contribution < -0.4 is 5.32 Å². The van der Waals surface area contributed by atoms with Gasteiger partial charge in [0, 0.05) is 6.54 Å². The Hall–Kier alpha value is -0.770. The van der Waals surface area contributed by atoms with Crippen molar-refractivity contribution < 1.29 is 9.90 Å². The van der Waals surface area contributed by atoms with Crippen molar-refractivity contribution in [3.05, 3.63) is 0 Å². The molecule has 1 fully saturated rings. The minimum Gasteiger partial charge on any atom is -0.371 e. The first-order chi connectivity index (χ1) is 6.14. The van der Waals surface area contributed by atoms with Gasteiger partial charge in [-0.25, -0.2) is 4.79 Å². The zero-order valence-corrected chi connectivity index (χ0v) is 9.59. The van der Waals surface area contributed by atoms with Crippen LogP contribution in [0.25, 0.3) is 0 Å². The van der Waals surface area contributed by atoms with Crippen LogP contribution in [0.4, 0.5) is 4.79 Å². The van der Waals surface area contributed by atoms with Crippen molar-refractivity contribution in [3.8, 4) is 0 Å². The second kappa shape index (κ2) is 3.12. The van der Waals surface area contributed by atoms with Gasteiger partial charge in [0.05, 0.1) is 5.54 Å². The molecule has 0 aromatic carbocycles. The summed E-state index contributed by atoms with van der Waals surface area (Å²) in [5, 5.41) is 12.1. The van der Waals surface area contributed by atoms with Crippen LogP contribution in [0.15, 0.2) is 0 Å². The smallest absolute Gasteiger partial charge is 0.320 e. The number of carbonyl (C=O) groups is 1. The molecule has 2 amide bonds. The highest BCUT2D eigenvalue weighted by Crippen LogP contribution is 2.28. The molecule has 0 aromatic rings. The Kier molecular flexibility index (Phi) is 2.52. The van der Waals surface area contributed by atoms with E-state index in [0.29, 0.717) is 6.54 Å². The Labute approximate surface area is 85.3 Å². The number of urea groups is 1. The molecule has 0 spiro atoms. The number of hydrogen-bond donors (Lipinski definition) is 2. The monoisotopic (exact) mass is 200 g/mol. The minimum absolute atomic E-state index is 0.0403. The standard InChI is InChI=1S/C10H20N2O2/c1-9(2,3)6-12-8(14)11-7(13)10(12,4)5/h7,13H,6H2,1-5H3,(H,11,14). The second-order valence-corrected chi connectivity index (χ2v) is 5.65. The van der Waals surface area contributed by atoms with E-state index >= 15 is 0 Å². The van der Waals surface area contributed by atoms with Crippen LogP contribution in [0.1, 0.15) is 34.6 Å². The quantitative estimate of drug-likeness (QED) is 0.667. The maximum atomic E-state index is 11.5. The zero-order valence-electron chi connectivity index (χ0n) is 9.59. The minimum atomic E-state index is -0.780. The largest absolute Gasteiger partial charge is 0.371 e. The maximum absolute atomic E-state index is 11.5. The molecular weight excluding hydrogens is 180 g/mol. The molecule has 1 heterocycles. The fraction of sp³-hybridized carbons (Fsp3) is 0.900. The average molecular weight is 200 g/mol. The number of carbonyl (C=O) groups excluding carboxylic acids is 1. The molecule has 1 aliphatic rings. The van der Waals surface area contributed by atoms with Gasteiger partial charge in [-0.1, -0.05) is 20.8 Å². The molecule has 1 atom stereocenters. The lowest BCUT2D eigenvalue weighted by Crippen LogP contribution is -2.49. The summed E-state index contributed by atoms with van der Waals surface area (Å²) >= 11 is 0. The van der Waals surface area contributed by atoms with Crippen LogP contribution in [0.5, 0.6) is 0 Å². The third-order valence-electron chi connectivity index (χ3n) is 2.50. The summed E-state index contributed by atoms with van der Waals surface area (Å²) in [6.45, 7) is 10.6. The molecule has 0 aliphatic carbocycles. The van der Waals surface area contributed by atoms with Gasteiger partial charge in [0.1, 0.15) is 0 Å². The number of nitrogens with zero attached hydrogens (tertiary/aromatic N) is 1. The summed E-state index contributed by atoms with van der Waals surface area (Å²) in [6, 6.07) is -0.183. The van der Waals surface area contributed by atoms with Gasteiger partial charge in [-0.05, 0) is 19.3 Å². The number of nitrogens with one attached hydrogen (secondary N) is 1. The molecule has 14 heavy (non-hydrogen) atoms. The number of aliphatic hydroxyl groups excluding tert-OH is 1. The Bertz CT molecular complexity index is 243. The van der Waals surface area contributed by atoms with Crippen molar-refractivity contribution in [1.82, 2.24) is 10.2 Å². The van der Waals surface area contributed by atoms with E-state index in [-0.39, 0.29) is 11.4 Å². The fourth-order valence-corrected chi connectivity index (χ4v) is 1.53. The van der Waals surface area contributed by atoms with Crippen molar-refractivity contribution in [2.45, 2.75) is 46.4 Å². The molecule has 2 N–H and O–H groups in total. The lowest BCUT2D eigenvalue weighted by molar-refractivity contribution is 0.0385. The van der Waals surface area contributed by atoms with Crippen LogP contribution in [0, 0.1) is 5.41 Å². The summed E-state index contributed by atoms with van der Waals surface area (Å²) in [5.74, 6) is 0. The summed E-state index contributed by atoms with van der Waals surface area (Å²) in [4.78, 5) is 13.2. The van der Waals surface area contributed by atoms with Gasteiger partial charge in [-0.3, -0.25) is 0 Å². The fourth-order valence-electron chi connectivity index (χ4n) is 1.53. The van der Waals surface area contributed by atoms with Crippen molar-refractivity contribution in [2.24, 2.45) is 5.41 Å². The van der Waals surface area contributed by atoms with Crippen LogP contribution in [-0.4, -0.2) is 34.3 Å². The summed E-state index contributed by atoms with van der Waals surface area (Å²) < 4.78 is 0. The van der Waals surface area contributed by atoms with Crippen LogP contribution in [-0.2, 0) is 0 Å².